The van der Waals surface area contributed by atoms with Gasteiger partial charge >= 0.3 is 0 Å². The van der Waals surface area contributed by atoms with E-state index in [2.05, 4.69) is 0 Å². The molecule has 0 spiro atoms. The van der Waals surface area contributed by atoms with Crippen LogP contribution in [0.25, 0.3) is 6.08 Å². The van der Waals surface area contributed by atoms with Gasteiger partial charge in [-0.1, -0.05) is 18.2 Å². The van der Waals surface area contributed by atoms with Crippen molar-refractivity contribution < 1.29 is 20.1 Å². The maximum absolute atomic E-state index is 10.4. The highest BCUT2D eigenvalue weighted by Gasteiger charge is 2.15. The van der Waals surface area contributed by atoms with Crippen LogP contribution in [0.3, 0.4) is 0 Å². The van der Waals surface area contributed by atoms with Crippen LogP contribution < -0.4 is 0 Å². The second-order valence-electron chi connectivity index (χ2n) is 5.04. The van der Waals surface area contributed by atoms with Crippen LogP contribution in [0.1, 0.15) is 32.3 Å². The number of phenols is 2. The Hall–Kier alpha value is -2.07. The number of phenolic OH excluding ortho intramolecular Hbond substituents is 2. The molecule has 0 aromatic heterocycles. The first-order valence-electron chi connectivity index (χ1n) is 6.39. The van der Waals surface area contributed by atoms with E-state index < -0.39 is 5.60 Å². The van der Waals surface area contributed by atoms with Crippen LogP contribution in [0.15, 0.2) is 35.9 Å². The van der Waals surface area contributed by atoms with Gasteiger partial charge in [-0.05, 0) is 50.5 Å². The van der Waals surface area contributed by atoms with Crippen molar-refractivity contribution in [1.29, 1.82) is 0 Å². The number of benzene rings is 1. The van der Waals surface area contributed by atoms with E-state index in [9.17, 15) is 20.1 Å². The summed E-state index contributed by atoms with van der Waals surface area (Å²) in [5.74, 6) is 0.0816. The summed E-state index contributed by atoms with van der Waals surface area (Å²) in [5, 5.41) is 29.1. The molecule has 1 unspecified atom stereocenters. The second-order valence-corrected chi connectivity index (χ2v) is 5.04. The summed E-state index contributed by atoms with van der Waals surface area (Å²) in [6.07, 6.45) is 6.69. The largest absolute Gasteiger partial charge is 0.508 e. The van der Waals surface area contributed by atoms with Gasteiger partial charge in [0.2, 0.25) is 0 Å². The number of rotatable bonds is 6. The molecule has 4 heteroatoms. The SMILES string of the molecule is C/C(C=O)=C\CCC(C)(O)/C=C\c1cc(O)ccc1O. The van der Waals surface area contributed by atoms with Crippen LogP contribution >= 0.6 is 0 Å². The summed E-state index contributed by atoms with van der Waals surface area (Å²) in [7, 11) is 0. The zero-order chi connectivity index (χ0) is 15.2. The lowest BCUT2D eigenvalue weighted by Gasteiger charge is -2.18. The van der Waals surface area contributed by atoms with Gasteiger partial charge in [-0.15, -0.1) is 0 Å². The molecular weight excluding hydrogens is 256 g/mol. The fourth-order valence-electron chi connectivity index (χ4n) is 1.67. The molecule has 0 fully saturated rings. The van der Waals surface area contributed by atoms with Crippen molar-refractivity contribution in [3.63, 3.8) is 0 Å². The monoisotopic (exact) mass is 276 g/mol. The Morgan fingerprint density at radius 1 is 1.35 bits per heavy atom. The minimum Gasteiger partial charge on any atom is -0.508 e. The minimum atomic E-state index is -1.06. The maximum Gasteiger partial charge on any atom is 0.145 e. The molecule has 0 aliphatic carbocycles. The molecule has 0 heterocycles. The summed E-state index contributed by atoms with van der Waals surface area (Å²) < 4.78 is 0. The molecule has 20 heavy (non-hydrogen) atoms. The number of aldehydes is 1. The van der Waals surface area contributed by atoms with E-state index in [0.717, 1.165) is 6.29 Å². The first kappa shape index (κ1) is 16.0. The van der Waals surface area contributed by atoms with Gasteiger partial charge in [0, 0.05) is 5.56 Å². The number of hydrogen-bond acceptors (Lipinski definition) is 4. The zero-order valence-corrected chi connectivity index (χ0v) is 11.7. The molecule has 108 valence electrons. The molecule has 0 aliphatic heterocycles. The fourth-order valence-corrected chi connectivity index (χ4v) is 1.67. The van der Waals surface area contributed by atoms with Crippen molar-refractivity contribution >= 4 is 12.4 Å². The third-order valence-corrected chi connectivity index (χ3v) is 2.94. The molecular formula is C16H20O4. The molecule has 1 atom stereocenters. The number of hydrogen-bond donors (Lipinski definition) is 3. The van der Waals surface area contributed by atoms with E-state index in [-0.39, 0.29) is 11.5 Å². The van der Waals surface area contributed by atoms with Crippen molar-refractivity contribution in [1.82, 2.24) is 0 Å². The van der Waals surface area contributed by atoms with E-state index in [4.69, 9.17) is 0 Å². The van der Waals surface area contributed by atoms with Crippen molar-refractivity contribution in [2.24, 2.45) is 0 Å². The van der Waals surface area contributed by atoms with E-state index >= 15 is 0 Å². The fraction of sp³-hybridized carbons (Fsp3) is 0.312. The minimum absolute atomic E-state index is 0.0338. The van der Waals surface area contributed by atoms with E-state index in [0.29, 0.717) is 24.0 Å². The van der Waals surface area contributed by atoms with Gasteiger partial charge in [-0.3, -0.25) is 4.79 Å². The lowest BCUT2D eigenvalue weighted by Crippen LogP contribution is -2.19. The Balaban J connectivity index is 2.72. The quantitative estimate of drug-likeness (QED) is 0.424. The molecule has 1 aromatic carbocycles. The topological polar surface area (TPSA) is 77.8 Å². The predicted molar refractivity (Wildman–Crippen MR) is 78.5 cm³/mol. The van der Waals surface area contributed by atoms with Crippen molar-refractivity contribution in [2.45, 2.75) is 32.3 Å². The van der Waals surface area contributed by atoms with Gasteiger partial charge in [0.05, 0.1) is 5.60 Å². The van der Waals surface area contributed by atoms with Gasteiger partial charge in [0.25, 0.3) is 0 Å². The Morgan fingerprint density at radius 2 is 2.05 bits per heavy atom. The van der Waals surface area contributed by atoms with Crippen molar-refractivity contribution in [2.75, 3.05) is 0 Å². The van der Waals surface area contributed by atoms with Crippen LogP contribution in [-0.2, 0) is 4.79 Å². The number of aromatic hydroxyl groups is 2. The van der Waals surface area contributed by atoms with Gasteiger partial charge in [0.15, 0.2) is 0 Å². The highest BCUT2D eigenvalue weighted by molar-refractivity contribution is 5.71. The van der Waals surface area contributed by atoms with Crippen LogP contribution in [0.5, 0.6) is 11.5 Å². The Labute approximate surface area is 118 Å². The van der Waals surface area contributed by atoms with E-state index in [1.165, 1.54) is 18.2 Å². The van der Waals surface area contributed by atoms with Crippen LogP contribution in [-0.4, -0.2) is 27.2 Å². The smallest absolute Gasteiger partial charge is 0.145 e. The molecule has 3 N–H and O–H groups in total. The molecule has 0 saturated carbocycles. The predicted octanol–water partition coefficient (Wildman–Crippen LogP) is 2.79. The summed E-state index contributed by atoms with van der Waals surface area (Å²) in [5.41, 5.74) is 0.0117. The van der Waals surface area contributed by atoms with Gasteiger partial charge in [-0.2, -0.15) is 0 Å². The number of allylic oxidation sites excluding steroid dienone is 2. The first-order valence-corrected chi connectivity index (χ1v) is 6.39. The van der Waals surface area contributed by atoms with Gasteiger partial charge < -0.3 is 15.3 Å². The summed E-state index contributed by atoms with van der Waals surface area (Å²) in [6, 6.07) is 4.19. The lowest BCUT2D eigenvalue weighted by molar-refractivity contribution is -0.104. The lowest BCUT2D eigenvalue weighted by atomic mass is 9.97. The number of carbonyl (C=O) groups is 1. The number of aliphatic hydroxyl groups is 1. The third-order valence-electron chi connectivity index (χ3n) is 2.94. The average molecular weight is 276 g/mol. The normalized spacial score (nSPS) is 15.2. The van der Waals surface area contributed by atoms with Gasteiger partial charge in [-0.25, -0.2) is 0 Å². The molecule has 0 bridgehead atoms. The van der Waals surface area contributed by atoms with Gasteiger partial charge in [0.1, 0.15) is 17.8 Å². The second kappa shape index (κ2) is 6.91. The molecule has 0 saturated heterocycles. The van der Waals surface area contributed by atoms with Crippen LogP contribution in [0, 0.1) is 0 Å². The molecule has 0 aliphatic rings. The van der Waals surface area contributed by atoms with Crippen molar-refractivity contribution in [3.05, 3.63) is 41.5 Å². The molecule has 4 nitrogen and oxygen atoms in total. The highest BCUT2D eigenvalue weighted by Crippen LogP contribution is 2.25. The Bertz CT molecular complexity index is 527. The van der Waals surface area contributed by atoms with Crippen LogP contribution in [0.4, 0.5) is 0 Å². The van der Waals surface area contributed by atoms with E-state index in [1.54, 1.807) is 32.1 Å². The molecule has 1 rings (SSSR count). The average Bonchev–Trinajstić information content (AvgIpc) is 2.39. The van der Waals surface area contributed by atoms with Crippen molar-refractivity contribution in [3.8, 4) is 11.5 Å². The van der Waals surface area contributed by atoms with E-state index in [1.807, 2.05) is 0 Å². The number of carbonyl (C=O) groups excluding carboxylic acids is 1. The summed E-state index contributed by atoms with van der Waals surface area (Å²) >= 11 is 0. The summed E-state index contributed by atoms with van der Waals surface area (Å²) in [4.78, 5) is 10.4. The molecule has 0 radical (unpaired) electrons. The van der Waals surface area contributed by atoms with Crippen LogP contribution in [0.2, 0.25) is 0 Å². The first-order chi connectivity index (χ1) is 9.34. The Kier molecular flexibility index (Phi) is 5.53. The highest BCUT2D eigenvalue weighted by atomic mass is 16.3. The molecule has 0 amide bonds. The Morgan fingerprint density at radius 3 is 2.70 bits per heavy atom. The standard InChI is InChI=1S/C16H20O4/c1-12(11-17)4-3-8-16(2,20)9-7-13-10-14(18)5-6-15(13)19/h4-7,9-11,18-20H,3,8H2,1-2H3/b9-7-,12-4+. The zero-order valence-electron chi connectivity index (χ0n) is 11.7. The molecule has 1 aromatic rings. The summed E-state index contributed by atoms with van der Waals surface area (Å²) in [6.45, 7) is 3.36. The third kappa shape index (κ3) is 5.28. The maximum atomic E-state index is 10.4.